The fraction of sp³-hybridized carbons (Fsp3) is 0.833. The van der Waals surface area contributed by atoms with Crippen molar-refractivity contribution in [2.24, 2.45) is 16.8 Å². The maximum Gasteiger partial charge on any atom is 0.233 e. The molecular formula is C18H24I2N4O6S. The molecule has 2 fully saturated rings. The third-order valence-electron chi connectivity index (χ3n) is 6.18. The van der Waals surface area contributed by atoms with Gasteiger partial charge >= 0.3 is 0 Å². The standard InChI is InChI=1S/C18H24I2N4O6S/c19-14-3-1-10(23(27)28)7-12(14)16(25)9-22(18-21-5-6-31-18)17(26)13-8-11(24(29)30)2-4-15(13)20/h10-15H,1-9H2. The zero-order valence-electron chi connectivity index (χ0n) is 16.7. The number of carbonyl (C=O) groups is 2. The third kappa shape index (κ3) is 6.06. The van der Waals surface area contributed by atoms with E-state index in [1.807, 2.05) is 0 Å². The summed E-state index contributed by atoms with van der Waals surface area (Å²) in [5.74, 6) is -0.805. The minimum absolute atomic E-state index is 0.0118. The van der Waals surface area contributed by atoms with E-state index in [4.69, 9.17) is 0 Å². The number of amidine groups is 1. The van der Waals surface area contributed by atoms with Crippen molar-refractivity contribution >= 4 is 73.8 Å². The Hall–Kier alpha value is -0.580. The summed E-state index contributed by atoms with van der Waals surface area (Å²) in [5, 5.41) is 23.0. The number of Topliss-reactive ketones (excluding diaryl/α,β-unsaturated/α-hetero) is 1. The Bertz CT molecular complexity index is 784. The van der Waals surface area contributed by atoms with Gasteiger partial charge in [0.05, 0.1) is 19.0 Å². The van der Waals surface area contributed by atoms with Crippen LogP contribution in [0.2, 0.25) is 0 Å². The van der Waals surface area contributed by atoms with Gasteiger partial charge in [0.15, 0.2) is 11.0 Å². The Morgan fingerprint density at radius 3 is 2.06 bits per heavy atom. The summed E-state index contributed by atoms with van der Waals surface area (Å²) in [5.41, 5.74) is 0. The molecule has 6 unspecified atom stereocenters. The Morgan fingerprint density at radius 1 is 1.00 bits per heavy atom. The van der Waals surface area contributed by atoms with Crippen molar-refractivity contribution in [1.82, 2.24) is 4.90 Å². The summed E-state index contributed by atoms with van der Waals surface area (Å²) in [7, 11) is 0. The summed E-state index contributed by atoms with van der Waals surface area (Å²) in [6.45, 7) is 0.373. The number of halogens is 2. The maximum atomic E-state index is 13.5. The molecule has 2 saturated carbocycles. The molecule has 0 radical (unpaired) electrons. The Labute approximate surface area is 211 Å². The van der Waals surface area contributed by atoms with Crippen molar-refractivity contribution in [3.05, 3.63) is 20.2 Å². The average molecular weight is 678 g/mol. The van der Waals surface area contributed by atoms with Gasteiger partial charge in [-0.3, -0.25) is 39.7 Å². The number of hydrogen-bond donors (Lipinski definition) is 0. The molecule has 0 aromatic carbocycles. The fourth-order valence-electron chi connectivity index (χ4n) is 4.39. The van der Waals surface area contributed by atoms with E-state index in [-0.39, 0.29) is 48.8 Å². The summed E-state index contributed by atoms with van der Waals surface area (Å²) in [4.78, 5) is 54.4. The SMILES string of the molecule is O=C(CN(C(=O)C1CC([N+](=O)[O-])CCC1I)C1=NCCS1)C1CC([N+](=O)[O-])CCC1I. The molecule has 1 aliphatic heterocycles. The summed E-state index contributed by atoms with van der Waals surface area (Å²) in [6, 6.07) is -1.49. The van der Waals surface area contributed by atoms with Crippen LogP contribution in [0.25, 0.3) is 0 Å². The molecule has 3 rings (SSSR count). The molecule has 0 saturated heterocycles. The minimum atomic E-state index is -0.756. The molecule has 0 N–H and O–H groups in total. The second-order valence-electron chi connectivity index (χ2n) is 8.15. The fourth-order valence-corrected chi connectivity index (χ4v) is 7.27. The van der Waals surface area contributed by atoms with Crippen molar-refractivity contribution in [3.63, 3.8) is 0 Å². The van der Waals surface area contributed by atoms with E-state index >= 15 is 0 Å². The lowest BCUT2D eigenvalue weighted by molar-refractivity contribution is -0.527. The van der Waals surface area contributed by atoms with Gasteiger partial charge in [-0.25, -0.2) is 0 Å². The van der Waals surface area contributed by atoms with E-state index in [0.29, 0.717) is 43.1 Å². The predicted octanol–water partition coefficient (Wildman–Crippen LogP) is 2.98. The first-order chi connectivity index (χ1) is 14.7. The lowest BCUT2D eigenvalue weighted by atomic mass is 9.82. The van der Waals surface area contributed by atoms with Crippen LogP contribution in [0, 0.1) is 32.1 Å². The van der Waals surface area contributed by atoms with Crippen LogP contribution in [0.1, 0.15) is 38.5 Å². The van der Waals surface area contributed by atoms with E-state index in [1.54, 1.807) is 0 Å². The van der Waals surface area contributed by atoms with Gasteiger partial charge in [-0.15, -0.1) is 0 Å². The zero-order valence-corrected chi connectivity index (χ0v) is 21.9. The van der Waals surface area contributed by atoms with Crippen LogP contribution < -0.4 is 0 Å². The molecule has 6 atom stereocenters. The van der Waals surface area contributed by atoms with Crippen molar-refractivity contribution in [2.45, 2.75) is 58.5 Å². The largest absolute Gasteiger partial charge is 0.297 e. The molecule has 1 amide bonds. The van der Waals surface area contributed by atoms with Gasteiger partial charge in [0.1, 0.15) is 0 Å². The van der Waals surface area contributed by atoms with Crippen LogP contribution in [0.15, 0.2) is 4.99 Å². The van der Waals surface area contributed by atoms with Crippen molar-refractivity contribution < 1.29 is 19.4 Å². The number of rotatable bonds is 6. The van der Waals surface area contributed by atoms with Crippen molar-refractivity contribution in [1.29, 1.82) is 0 Å². The van der Waals surface area contributed by atoms with Crippen LogP contribution in [-0.4, -0.2) is 70.4 Å². The molecule has 31 heavy (non-hydrogen) atoms. The Kier molecular flexibility index (Phi) is 8.91. The molecule has 1 heterocycles. The Morgan fingerprint density at radius 2 is 1.55 bits per heavy atom. The van der Waals surface area contributed by atoms with E-state index < -0.39 is 23.9 Å². The molecule has 3 aliphatic rings. The number of nitro groups is 2. The number of aliphatic imine (C=N–C) groups is 1. The van der Waals surface area contributed by atoms with Gasteiger partial charge in [0.2, 0.25) is 18.0 Å². The minimum Gasteiger partial charge on any atom is -0.297 e. The smallest absolute Gasteiger partial charge is 0.233 e. The number of thioether (sulfide) groups is 1. The molecule has 10 nitrogen and oxygen atoms in total. The maximum absolute atomic E-state index is 13.5. The van der Waals surface area contributed by atoms with Crippen LogP contribution in [0.4, 0.5) is 0 Å². The molecule has 2 aliphatic carbocycles. The van der Waals surface area contributed by atoms with Gasteiger partial charge in [0, 0.05) is 55.0 Å². The molecule has 13 heteroatoms. The number of ketones is 1. The topological polar surface area (TPSA) is 136 Å². The number of amides is 1. The first-order valence-corrected chi connectivity index (χ1v) is 13.7. The zero-order chi connectivity index (χ0) is 22.7. The summed E-state index contributed by atoms with van der Waals surface area (Å²) < 4.78 is -0.0564. The normalized spacial score (nSPS) is 33.4. The second-order valence-corrected chi connectivity index (χ2v) is 12.4. The summed E-state index contributed by atoms with van der Waals surface area (Å²) in [6.07, 6.45) is 2.41. The highest BCUT2D eigenvalue weighted by atomic mass is 127. The molecule has 0 aromatic heterocycles. The van der Waals surface area contributed by atoms with E-state index in [2.05, 4.69) is 50.2 Å². The predicted molar refractivity (Wildman–Crippen MR) is 133 cm³/mol. The van der Waals surface area contributed by atoms with Gasteiger partial charge in [0.25, 0.3) is 0 Å². The molecular weight excluding hydrogens is 654 g/mol. The second kappa shape index (κ2) is 11.0. The van der Waals surface area contributed by atoms with Gasteiger partial charge in [-0.05, 0) is 12.8 Å². The van der Waals surface area contributed by atoms with E-state index in [1.165, 1.54) is 16.7 Å². The van der Waals surface area contributed by atoms with E-state index in [9.17, 15) is 29.8 Å². The lowest BCUT2D eigenvalue weighted by Gasteiger charge is -2.34. The number of nitrogens with zero attached hydrogens (tertiary/aromatic N) is 4. The summed E-state index contributed by atoms with van der Waals surface area (Å²) >= 11 is 5.76. The van der Waals surface area contributed by atoms with Crippen molar-refractivity contribution in [3.8, 4) is 0 Å². The highest BCUT2D eigenvalue weighted by Gasteiger charge is 2.44. The number of hydrogen-bond acceptors (Lipinski definition) is 8. The molecule has 0 bridgehead atoms. The van der Waals surface area contributed by atoms with E-state index in [0.717, 1.165) is 0 Å². The van der Waals surface area contributed by atoms with Gasteiger partial charge in [-0.2, -0.15) is 0 Å². The monoisotopic (exact) mass is 678 g/mol. The first-order valence-electron chi connectivity index (χ1n) is 10.3. The van der Waals surface area contributed by atoms with Crippen molar-refractivity contribution in [2.75, 3.05) is 18.8 Å². The highest BCUT2D eigenvalue weighted by Crippen LogP contribution is 2.36. The third-order valence-corrected chi connectivity index (χ3v) is 10.2. The van der Waals surface area contributed by atoms with Crippen LogP contribution >= 0.6 is 56.9 Å². The average Bonchev–Trinajstić information content (AvgIpc) is 3.26. The Balaban J connectivity index is 1.77. The molecule has 0 spiro atoms. The van der Waals surface area contributed by atoms with Gasteiger partial charge < -0.3 is 0 Å². The molecule has 0 aromatic rings. The quantitative estimate of drug-likeness (QED) is 0.183. The van der Waals surface area contributed by atoms with Crippen LogP contribution in [0.3, 0.4) is 0 Å². The van der Waals surface area contributed by atoms with Crippen LogP contribution in [-0.2, 0) is 9.59 Å². The van der Waals surface area contributed by atoms with Crippen LogP contribution in [0.5, 0.6) is 0 Å². The van der Waals surface area contributed by atoms with Gasteiger partial charge in [-0.1, -0.05) is 56.9 Å². The number of alkyl halides is 2. The molecule has 172 valence electrons. The lowest BCUT2D eigenvalue weighted by Crippen LogP contribution is -2.49. The highest BCUT2D eigenvalue weighted by molar-refractivity contribution is 14.1. The number of carbonyl (C=O) groups excluding carboxylic acids is 2. The first kappa shape index (κ1) is 25.1.